The molecule has 138 valence electrons. The van der Waals surface area contributed by atoms with Gasteiger partial charge in [0, 0.05) is 76.5 Å². The summed E-state index contributed by atoms with van der Waals surface area (Å²) in [4.78, 5) is 22.0. The molecule has 2 aliphatic heterocycles. The maximum absolute atomic E-state index is 10.8. The fourth-order valence-electron chi connectivity index (χ4n) is 3.81. The number of nitrogens with zero attached hydrogens (tertiary/aromatic N) is 4. The molecule has 2 aliphatic rings. The van der Waals surface area contributed by atoms with Crippen LogP contribution in [0.4, 0.5) is 5.69 Å². The third-order valence-corrected chi connectivity index (χ3v) is 5.28. The first-order valence-electron chi connectivity index (χ1n) is 9.25. The number of nitrogens with one attached hydrogen (secondary N) is 1. The molecule has 0 aromatic carbocycles. The average molecular weight is 347 g/mol. The third kappa shape index (κ3) is 5.66. The van der Waals surface area contributed by atoms with Crippen LogP contribution in [0.2, 0.25) is 0 Å². The molecule has 0 saturated carbocycles. The molecule has 1 aromatic heterocycles. The van der Waals surface area contributed by atoms with Crippen molar-refractivity contribution in [1.29, 1.82) is 0 Å². The summed E-state index contributed by atoms with van der Waals surface area (Å²) in [5.74, 6) is -0.715. The summed E-state index contributed by atoms with van der Waals surface area (Å²) in [6.45, 7) is 8.51. The van der Waals surface area contributed by atoms with E-state index >= 15 is 0 Å². The molecular weight excluding hydrogens is 318 g/mol. The minimum atomic E-state index is -0.715. The van der Waals surface area contributed by atoms with Crippen LogP contribution in [-0.4, -0.2) is 95.7 Å². The van der Waals surface area contributed by atoms with Crippen LogP contribution in [0.15, 0.2) is 24.5 Å². The van der Waals surface area contributed by atoms with Crippen LogP contribution in [0.25, 0.3) is 0 Å². The van der Waals surface area contributed by atoms with Gasteiger partial charge in [0.2, 0.25) is 0 Å². The van der Waals surface area contributed by atoms with Crippen molar-refractivity contribution >= 4 is 11.7 Å². The smallest absolute Gasteiger partial charge is 0.317 e. The minimum absolute atomic E-state index is 0.185. The fraction of sp³-hybridized carbons (Fsp3) is 0.667. The highest BCUT2D eigenvalue weighted by Gasteiger charge is 2.27. The summed E-state index contributed by atoms with van der Waals surface area (Å²) in [6, 6.07) is 4.62. The second-order valence-electron chi connectivity index (χ2n) is 6.94. The van der Waals surface area contributed by atoms with Gasteiger partial charge in [-0.2, -0.15) is 0 Å². The van der Waals surface area contributed by atoms with Crippen LogP contribution in [0, 0.1) is 0 Å². The van der Waals surface area contributed by atoms with E-state index in [0.717, 1.165) is 70.9 Å². The normalized spacial score (nSPS) is 21.3. The molecule has 0 bridgehead atoms. The van der Waals surface area contributed by atoms with E-state index in [-0.39, 0.29) is 6.54 Å². The standard InChI is InChI=1S/C18H29N5O2/c24-18(25)15-22-8-3-17(4-9-22)23-13-11-21(12-14-23)10-7-20-16-1-5-19-6-2-16/h1-2,5-6,17H,3-4,7-15H2,(H,19,20)(H,24,25). The van der Waals surface area contributed by atoms with Crippen LogP contribution in [-0.2, 0) is 4.79 Å². The number of anilines is 1. The van der Waals surface area contributed by atoms with Crippen LogP contribution < -0.4 is 5.32 Å². The van der Waals surface area contributed by atoms with Crippen molar-refractivity contribution in [3.05, 3.63) is 24.5 Å². The monoisotopic (exact) mass is 347 g/mol. The lowest BCUT2D eigenvalue weighted by atomic mass is 10.0. The predicted octanol–water partition coefficient (Wildman–Crippen LogP) is 0.660. The lowest BCUT2D eigenvalue weighted by Gasteiger charge is -2.42. The van der Waals surface area contributed by atoms with Gasteiger partial charge >= 0.3 is 5.97 Å². The Labute approximate surface area is 149 Å². The number of carboxylic acids is 1. The van der Waals surface area contributed by atoms with Gasteiger partial charge in [0.15, 0.2) is 0 Å². The number of aliphatic carboxylic acids is 1. The second kappa shape index (κ2) is 9.12. The van der Waals surface area contributed by atoms with Gasteiger partial charge in [-0.3, -0.25) is 24.5 Å². The Kier molecular flexibility index (Phi) is 6.61. The number of hydrogen-bond donors (Lipinski definition) is 2. The zero-order chi connectivity index (χ0) is 17.5. The molecule has 3 rings (SSSR count). The zero-order valence-corrected chi connectivity index (χ0v) is 14.8. The van der Waals surface area contributed by atoms with E-state index in [0.29, 0.717) is 6.04 Å². The summed E-state index contributed by atoms with van der Waals surface area (Å²) in [5, 5.41) is 12.3. The van der Waals surface area contributed by atoms with E-state index in [4.69, 9.17) is 5.11 Å². The maximum Gasteiger partial charge on any atom is 0.317 e. The van der Waals surface area contributed by atoms with Gasteiger partial charge in [-0.25, -0.2) is 0 Å². The van der Waals surface area contributed by atoms with E-state index in [1.54, 1.807) is 0 Å². The Morgan fingerprint density at radius 2 is 1.76 bits per heavy atom. The van der Waals surface area contributed by atoms with E-state index in [9.17, 15) is 4.79 Å². The largest absolute Gasteiger partial charge is 0.480 e. The number of piperidine rings is 1. The molecule has 7 heteroatoms. The molecule has 2 fully saturated rings. The average Bonchev–Trinajstić information content (AvgIpc) is 2.63. The van der Waals surface area contributed by atoms with Crippen molar-refractivity contribution in [2.24, 2.45) is 0 Å². The Morgan fingerprint density at radius 3 is 2.40 bits per heavy atom. The number of likely N-dealkylation sites (tertiary alicyclic amines) is 1. The molecule has 1 aromatic rings. The molecule has 7 nitrogen and oxygen atoms in total. The van der Waals surface area contributed by atoms with Gasteiger partial charge < -0.3 is 10.4 Å². The molecule has 0 unspecified atom stereocenters. The quantitative estimate of drug-likeness (QED) is 0.751. The molecule has 2 saturated heterocycles. The molecule has 0 amide bonds. The Hall–Kier alpha value is -1.70. The highest BCUT2D eigenvalue weighted by atomic mass is 16.4. The maximum atomic E-state index is 10.8. The van der Waals surface area contributed by atoms with Crippen LogP contribution in [0.1, 0.15) is 12.8 Å². The van der Waals surface area contributed by atoms with Crippen molar-refractivity contribution in [1.82, 2.24) is 19.7 Å². The molecule has 25 heavy (non-hydrogen) atoms. The molecule has 0 aliphatic carbocycles. The van der Waals surface area contributed by atoms with Crippen LogP contribution in [0.5, 0.6) is 0 Å². The highest BCUT2D eigenvalue weighted by molar-refractivity contribution is 5.69. The summed E-state index contributed by atoms with van der Waals surface area (Å²) >= 11 is 0. The van der Waals surface area contributed by atoms with Crippen molar-refractivity contribution in [3.63, 3.8) is 0 Å². The van der Waals surface area contributed by atoms with Gasteiger partial charge in [-0.15, -0.1) is 0 Å². The fourth-order valence-corrected chi connectivity index (χ4v) is 3.81. The summed E-state index contributed by atoms with van der Waals surface area (Å²) < 4.78 is 0. The summed E-state index contributed by atoms with van der Waals surface area (Å²) in [5.41, 5.74) is 1.13. The highest BCUT2D eigenvalue weighted by Crippen LogP contribution is 2.18. The first kappa shape index (κ1) is 18.1. The van der Waals surface area contributed by atoms with E-state index in [2.05, 4.69) is 25.0 Å². The van der Waals surface area contributed by atoms with Gasteiger partial charge in [-0.1, -0.05) is 0 Å². The number of rotatable bonds is 7. The molecule has 0 atom stereocenters. The Bertz CT molecular complexity index is 526. The zero-order valence-electron chi connectivity index (χ0n) is 14.8. The Morgan fingerprint density at radius 1 is 1.08 bits per heavy atom. The topological polar surface area (TPSA) is 71.9 Å². The summed E-state index contributed by atoms with van der Waals surface area (Å²) in [7, 11) is 0. The number of carboxylic acid groups (broad SMARTS) is 1. The second-order valence-corrected chi connectivity index (χ2v) is 6.94. The van der Waals surface area contributed by atoms with E-state index < -0.39 is 5.97 Å². The Balaban J connectivity index is 1.32. The van der Waals surface area contributed by atoms with E-state index in [1.165, 1.54) is 0 Å². The first-order valence-corrected chi connectivity index (χ1v) is 9.25. The lowest BCUT2D eigenvalue weighted by molar-refractivity contribution is -0.138. The SMILES string of the molecule is O=C(O)CN1CCC(N2CCN(CCNc3ccncc3)CC2)CC1. The van der Waals surface area contributed by atoms with Gasteiger partial charge in [0.05, 0.1) is 6.54 Å². The molecule has 0 spiro atoms. The molecule has 3 heterocycles. The predicted molar refractivity (Wildman–Crippen MR) is 97.8 cm³/mol. The number of hydrogen-bond acceptors (Lipinski definition) is 6. The molecule has 0 radical (unpaired) electrons. The third-order valence-electron chi connectivity index (χ3n) is 5.28. The van der Waals surface area contributed by atoms with Crippen LogP contribution >= 0.6 is 0 Å². The molecule has 2 N–H and O–H groups in total. The van der Waals surface area contributed by atoms with Crippen molar-refractivity contribution in [2.45, 2.75) is 18.9 Å². The first-order chi connectivity index (χ1) is 12.2. The van der Waals surface area contributed by atoms with Crippen LogP contribution in [0.3, 0.4) is 0 Å². The lowest BCUT2D eigenvalue weighted by Crippen LogP contribution is -2.54. The summed E-state index contributed by atoms with van der Waals surface area (Å²) in [6.07, 6.45) is 5.81. The molecular formula is C18H29N5O2. The van der Waals surface area contributed by atoms with Crippen molar-refractivity contribution in [3.8, 4) is 0 Å². The van der Waals surface area contributed by atoms with E-state index in [1.807, 2.05) is 24.5 Å². The number of carbonyl (C=O) groups is 1. The minimum Gasteiger partial charge on any atom is -0.480 e. The van der Waals surface area contributed by atoms with Gasteiger partial charge in [0.1, 0.15) is 0 Å². The van der Waals surface area contributed by atoms with Gasteiger partial charge in [-0.05, 0) is 25.0 Å². The van der Waals surface area contributed by atoms with Crippen molar-refractivity contribution in [2.75, 3.05) is 64.2 Å². The number of aromatic nitrogens is 1. The number of piperazine rings is 1. The van der Waals surface area contributed by atoms with Crippen molar-refractivity contribution < 1.29 is 9.90 Å². The number of pyridine rings is 1. The van der Waals surface area contributed by atoms with Gasteiger partial charge in [0.25, 0.3) is 0 Å².